The van der Waals surface area contributed by atoms with Gasteiger partial charge in [-0.25, -0.2) is 4.99 Å². The lowest BCUT2D eigenvalue weighted by Crippen LogP contribution is -1.89. The molecule has 4 heteroatoms. The zero-order chi connectivity index (χ0) is 11.5. The molecule has 1 saturated heterocycles. The zero-order valence-corrected chi connectivity index (χ0v) is 12.6. The molecule has 1 atom stereocenters. The first-order valence-corrected chi connectivity index (χ1v) is 8.01. The monoisotopic (exact) mass is 315 g/mol. The van der Waals surface area contributed by atoms with Crippen LogP contribution >= 0.6 is 39.5 Å². The summed E-state index contributed by atoms with van der Waals surface area (Å²) in [6.45, 7) is 4.42. The first kappa shape index (κ1) is 12.5. The summed E-state index contributed by atoms with van der Waals surface area (Å²) in [5, 5.41) is 0.698. The molecule has 0 saturated carbocycles. The fourth-order valence-electron chi connectivity index (χ4n) is 1.53. The second kappa shape index (κ2) is 5.61. The van der Waals surface area contributed by atoms with Crippen molar-refractivity contribution in [3.8, 4) is 0 Å². The van der Waals surface area contributed by atoms with Crippen molar-refractivity contribution < 1.29 is 0 Å². The van der Waals surface area contributed by atoms with Crippen LogP contribution in [0.15, 0.2) is 27.7 Å². The maximum Gasteiger partial charge on any atom is 0.130 e. The summed E-state index contributed by atoms with van der Waals surface area (Å²) < 4.78 is 2.35. The Morgan fingerprint density at radius 2 is 2.31 bits per heavy atom. The molecule has 0 aliphatic carbocycles. The highest BCUT2D eigenvalue weighted by atomic mass is 79.9. The van der Waals surface area contributed by atoms with Crippen molar-refractivity contribution in [2.45, 2.75) is 25.5 Å². The molecule has 0 amide bonds. The van der Waals surface area contributed by atoms with Gasteiger partial charge in [0.25, 0.3) is 0 Å². The highest BCUT2D eigenvalue weighted by Crippen LogP contribution is 2.35. The van der Waals surface area contributed by atoms with E-state index in [1.165, 1.54) is 15.7 Å². The van der Waals surface area contributed by atoms with Gasteiger partial charge in [0.1, 0.15) is 4.38 Å². The average Bonchev–Trinajstić information content (AvgIpc) is 2.67. The highest BCUT2D eigenvalue weighted by Gasteiger charge is 2.18. The molecule has 1 aliphatic rings. The average molecular weight is 316 g/mol. The summed E-state index contributed by atoms with van der Waals surface area (Å²) >= 11 is 7.26. The number of aliphatic imine (C=N–C) groups is 1. The van der Waals surface area contributed by atoms with Crippen molar-refractivity contribution >= 4 is 49.5 Å². The third kappa shape index (κ3) is 3.05. The lowest BCUT2D eigenvalue weighted by molar-refractivity contribution is 1.13. The van der Waals surface area contributed by atoms with Crippen molar-refractivity contribution in [3.05, 3.63) is 28.2 Å². The van der Waals surface area contributed by atoms with Crippen LogP contribution in [0.3, 0.4) is 0 Å². The standard InChI is InChI=1S/C12H14BrNS2/c1-3-9-6-10(13)4-5-11(9)14-12-15-7-8(2)16-12/h4-6,8H,3,7H2,1-2H3. The summed E-state index contributed by atoms with van der Waals surface area (Å²) in [7, 11) is 0. The van der Waals surface area contributed by atoms with Crippen LogP contribution in [0.1, 0.15) is 19.4 Å². The summed E-state index contributed by atoms with van der Waals surface area (Å²) in [5.41, 5.74) is 2.43. The molecule has 16 heavy (non-hydrogen) atoms. The molecule has 86 valence electrons. The molecule has 0 N–H and O–H groups in total. The van der Waals surface area contributed by atoms with Crippen molar-refractivity contribution in [3.63, 3.8) is 0 Å². The Kier molecular flexibility index (Phi) is 4.39. The van der Waals surface area contributed by atoms with Gasteiger partial charge in [-0.05, 0) is 30.2 Å². The van der Waals surface area contributed by atoms with Gasteiger partial charge in [-0.1, -0.05) is 53.3 Å². The maximum absolute atomic E-state index is 4.74. The van der Waals surface area contributed by atoms with Gasteiger partial charge in [0.2, 0.25) is 0 Å². The van der Waals surface area contributed by atoms with Crippen LogP contribution < -0.4 is 0 Å². The molecule has 0 spiro atoms. The van der Waals surface area contributed by atoms with E-state index in [2.05, 4.69) is 48.0 Å². The Balaban J connectivity index is 2.27. The highest BCUT2D eigenvalue weighted by molar-refractivity contribution is 9.10. The van der Waals surface area contributed by atoms with E-state index in [0.29, 0.717) is 5.25 Å². The molecule has 1 unspecified atom stereocenters. The van der Waals surface area contributed by atoms with E-state index in [0.717, 1.165) is 16.6 Å². The van der Waals surface area contributed by atoms with Crippen molar-refractivity contribution in [1.29, 1.82) is 0 Å². The first-order chi connectivity index (χ1) is 7.69. The van der Waals surface area contributed by atoms with E-state index in [9.17, 15) is 0 Å². The zero-order valence-electron chi connectivity index (χ0n) is 9.37. The molecule has 1 aromatic rings. The predicted molar refractivity (Wildman–Crippen MR) is 80.1 cm³/mol. The number of halogens is 1. The van der Waals surface area contributed by atoms with Crippen LogP contribution in [-0.2, 0) is 6.42 Å². The number of rotatable bonds is 2. The molecule has 0 radical (unpaired) electrons. The quantitative estimate of drug-likeness (QED) is 0.772. The van der Waals surface area contributed by atoms with Gasteiger partial charge >= 0.3 is 0 Å². The van der Waals surface area contributed by atoms with Crippen LogP contribution in [0.5, 0.6) is 0 Å². The molecule has 1 nitrogen and oxygen atoms in total. The Labute approximate surface area is 114 Å². The van der Waals surface area contributed by atoms with Crippen molar-refractivity contribution in [2.24, 2.45) is 4.99 Å². The van der Waals surface area contributed by atoms with Crippen molar-refractivity contribution in [2.75, 3.05) is 5.75 Å². The number of hydrogen-bond donors (Lipinski definition) is 0. The van der Waals surface area contributed by atoms with E-state index >= 15 is 0 Å². The fourth-order valence-corrected chi connectivity index (χ4v) is 4.42. The van der Waals surface area contributed by atoms with E-state index < -0.39 is 0 Å². The summed E-state index contributed by atoms with van der Waals surface area (Å²) in [5.74, 6) is 1.18. The number of aryl methyl sites for hydroxylation is 1. The van der Waals surface area contributed by atoms with Crippen molar-refractivity contribution in [1.82, 2.24) is 0 Å². The maximum atomic E-state index is 4.74. The lowest BCUT2D eigenvalue weighted by atomic mass is 10.1. The molecule has 0 aromatic heterocycles. The predicted octanol–water partition coefficient (Wildman–Crippen LogP) is 4.87. The topological polar surface area (TPSA) is 12.4 Å². The van der Waals surface area contributed by atoms with Gasteiger partial charge < -0.3 is 0 Å². The third-order valence-corrected chi connectivity index (χ3v) is 5.59. The second-order valence-corrected chi connectivity index (χ2v) is 7.35. The Morgan fingerprint density at radius 3 is 2.94 bits per heavy atom. The largest absolute Gasteiger partial charge is 0.235 e. The van der Waals surface area contributed by atoms with Crippen LogP contribution in [0, 0.1) is 0 Å². The van der Waals surface area contributed by atoms with Gasteiger partial charge in [0, 0.05) is 15.5 Å². The normalized spacial score (nSPS) is 22.9. The number of hydrogen-bond acceptors (Lipinski definition) is 3. The fraction of sp³-hybridized carbons (Fsp3) is 0.417. The summed E-state index contributed by atoms with van der Waals surface area (Å²) in [4.78, 5) is 4.74. The van der Waals surface area contributed by atoms with Gasteiger partial charge in [-0.3, -0.25) is 0 Å². The van der Waals surface area contributed by atoms with Gasteiger partial charge in [-0.2, -0.15) is 0 Å². The number of nitrogens with zero attached hydrogens (tertiary/aromatic N) is 1. The third-order valence-electron chi connectivity index (χ3n) is 2.38. The van der Waals surface area contributed by atoms with E-state index in [1.54, 1.807) is 0 Å². The number of thioether (sulfide) groups is 2. The second-order valence-electron chi connectivity index (χ2n) is 3.74. The van der Waals surface area contributed by atoms with E-state index in [4.69, 9.17) is 4.99 Å². The first-order valence-electron chi connectivity index (χ1n) is 5.35. The Hall–Kier alpha value is 0.0700. The number of benzene rings is 1. The Bertz CT molecular complexity index is 417. The van der Waals surface area contributed by atoms with E-state index in [-0.39, 0.29) is 0 Å². The van der Waals surface area contributed by atoms with E-state index in [1.807, 2.05) is 23.5 Å². The molecule has 1 fully saturated rings. The molecule has 1 aromatic carbocycles. The summed E-state index contributed by atoms with van der Waals surface area (Å²) in [6.07, 6.45) is 1.02. The molecule has 2 rings (SSSR count). The lowest BCUT2D eigenvalue weighted by Gasteiger charge is -2.04. The van der Waals surface area contributed by atoms with Gasteiger partial charge in [0.05, 0.1) is 5.69 Å². The molecule has 1 aliphatic heterocycles. The molecule has 1 heterocycles. The van der Waals surface area contributed by atoms with Crippen LogP contribution in [0.4, 0.5) is 5.69 Å². The minimum Gasteiger partial charge on any atom is -0.235 e. The molecular weight excluding hydrogens is 302 g/mol. The minimum absolute atomic E-state index is 0.698. The molecule has 0 bridgehead atoms. The molecular formula is C12H14BrNS2. The van der Waals surface area contributed by atoms with Gasteiger partial charge in [-0.15, -0.1) is 0 Å². The van der Waals surface area contributed by atoms with Crippen LogP contribution in [-0.4, -0.2) is 15.4 Å². The smallest absolute Gasteiger partial charge is 0.130 e. The Morgan fingerprint density at radius 1 is 1.50 bits per heavy atom. The van der Waals surface area contributed by atoms with Crippen LogP contribution in [0.25, 0.3) is 0 Å². The summed E-state index contributed by atoms with van der Waals surface area (Å²) in [6, 6.07) is 6.32. The van der Waals surface area contributed by atoms with Gasteiger partial charge in [0.15, 0.2) is 0 Å². The van der Waals surface area contributed by atoms with Crippen LogP contribution in [0.2, 0.25) is 0 Å². The SMILES string of the molecule is CCc1cc(Br)ccc1N=C1SCC(C)S1. The minimum atomic E-state index is 0.698.